The molecule has 0 aliphatic carbocycles. The largest absolute Gasteiger partial charge is 0.508 e. The molecule has 4 nitrogen and oxygen atoms in total. The van der Waals surface area contributed by atoms with Crippen LogP contribution >= 0.6 is 0 Å². The van der Waals surface area contributed by atoms with Gasteiger partial charge in [0.15, 0.2) is 0 Å². The second kappa shape index (κ2) is 8.07. The van der Waals surface area contributed by atoms with E-state index in [9.17, 15) is 9.90 Å². The number of carbonyl (C=O) groups is 1. The first-order valence-electron chi connectivity index (χ1n) is 9.38. The predicted molar refractivity (Wildman–Crippen MR) is 114 cm³/mol. The number of carbonyl (C=O) groups excluding carboxylic acids is 1. The van der Waals surface area contributed by atoms with Gasteiger partial charge < -0.3 is 15.2 Å². The number of nitrogens with one attached hydrogen (secondary N) is 1. The maximum Gasteiger partial charge on any atom is 0.252 e. The Balaban J connectivity index is 1.79. The fraction of sp³-hybridized carbons (Fsp3) is 0.0800. The van der Waals surface area contributed by atoms with E-state index in [-0.39, 0.29) is 11.7 Å². The molecule has 29 heavy (non-hydrogen) atoms. The number of fused-ring (bicyclic) bond motifs is 1. The quantitative estimate of drug-likeness (QED) is 0.506. The topological polar surface area (TPSA) is 58.6 Å². The fourth-order valence-corrected chi connectivity index (χ4v) is 3.51. The molecule has 0 heterocycles. The molecule has 0 bridgehead atoms. The Labute approximate surface area is 169 Å². The van der Waals surface area contributed by atoms with Crippen LogP contribution in [0.25, 0.3) is 10.8 Å². The molecule has 1 atom stereocenters. The summed E-state index contributed by atoms with van der Waals surface area (Å²) >= 11 is 0. The van der Waals surface area contributed by atoms with E-state index >= 15 is 0 Å². The number of rotatable bonds is 5. The summed E-state index contributed by atoms with van der Waals surface area (Å²) in [6.45, 7) is 0. The van der Waals surface area contributed by atoms with E-state index in [1.807, 2.05) is 60.7 Å². The fourth-order valence-electron chi connectivity index (χ4n) is 3.51. The summed E-state index contributed by atoms with van der Waals surface area (Å²) in [6.07, 6.45) is 0. The number of phenols is 1. The minimum Gasteiger partial charge on any atom is -0.508 e. The highest BCUT2D eigenvalue weighted by Gasteiger charge is 2.23. The standard InChI is InChI=1S/C25H21NO3/c1-29-20-14-11-19(12-15-20)25(28)26-24(18-8-3-2-4-9-18)23-21-10-6-5-7-17(21)13-16-22(23)27/h2-16,24,27H,1H3,(H,26,28)/t24-/m1/s1. The summed E-state index contributed by atoms with van der Waals surface area (Å²) in [5.74, 6) is 0.606. The predicted octanol–water partition coefficient (Wildman–Crippen LogP) is 5.07. The van der Waals surface area contributed by atoms with Gasteiger partial charge in [0.1, 0.15) is 11.5 Å². The van der Waals surface area contributed by atoms with Gasteiger partial charge >= 0.3 is 0 Å². The third kappa shape index (κ3) is 3.78. The number of amides is 1. The first kappa shape index (κ1) is 18.6. The summed E-state index contributed by atoms with van der Waals surface area (Å²) < 4.78 is 5.17. The van der Waals surface area contributed by atoms with Gasteiger partial charge in [-0.05, 0) is 46.7 Å². The summed E-state index contributed by atoms with van der Waals surface area (Å²) in [5, 5.41) is 15.7. The van der Waals surface area contributed by atoms with E-state index in [4.69, 9.17) is 4.74 Å². The van der Waals surface area contributed by atoms with E-state index in [0.29, 0.717) is 16.9 Å². The Morgan fingerprint density at radius 1 is 0.862 bits per heavy atom. The molecule has 2 N–H and O–H groups in total. The Morgan fingerprint density at radius 2 is 1.55 bits per heavy atom. The molecule has 0 saturated heterocycles. The SMILES string of the molecule is COc1ccc(C(=O)N[C@H](c2ccccc2)c2c(O)ccc3ccccc23)cc1. The lowest BCUT2D eigenvalue weighted by atomic mass is 9.92. The van der Waals surface area contributed by atoms with Crippen molar-refractivity contribution in [1.82, 2.24) is 5.32 Å². The van der Waals surface area contributed by atoms with Crippen LogP contribution in [-0.2, 0) is 0 Å². The molecule has 0 fully saturated rings. The molecule has 0 aliphatic rings. The van der Waals surface area contributed by atoms with Gasteiger partial charge in [0.05, 0.1) is 13.2 Å². The monoisotopic (exact) mass is 383 g/mol. The van der Waals surface area contributed by atoms with Crippen LogP contribution in [0.1, 0.15) is 27.5 Å². The average Bonchev–Trinajstić information content (AvgIpc) is 2.78. The van der Waals surface area contributed by atoms with Crippen LogP contribution in [0, 0.1) is 0 Å². The van der Waals surface area contributed by atoms with Gasteiger partial charge in [-0.1, -0.05) is 60.7 Å². The van der Waals surface area contributed by atoms with Crippen LogP contribution in [0.2, 0.25) is 0 Å². The van der Waals surface area contributed by atoms with Crippen molar-refractivity contribution >= 4 is 16.7 Å². The van der Waals surface area contributed by atoms with Crippen molar-refractivity contribution in [3.63, 3.8) is 0 Å². The van der Waals surface area contributed by atoms with Crippen LogP contribution in [-0.4, -0.2) is 18.1 Å². The number of methoxy groups -OCH3 is 1. The molecular formula is C25H21NO3. The van der Waals surface area contributed by atoms with Crippen molar-refractivity contribution in [2.75, 3.05) is 7.11 Å². The van der Waals surface area contributed by atoms with Crippen LogP contribution in [0.3, 0.4) is 0 Å². The second-order valence-corrected chi connectivity index (χ2v) is 6.77. The number of hydrogen-bond acceptors (Lipinski definition) is 3. The highest BCUT2D eigenvalue weighted by molar-refractivity contribution is 5.96. The minimum atomic E-state index is -0.503. The Morgan fingerprint density at radius 3 is 2.28 bits per heavy atom. The van der Waals surface area contributed by atoms with Gasteiger partial charge in [-0.3, -0.25) is 4.79 Å². The third-order valence-corrected chi connectivity index (χ3v) is 5.00. The molecule has 0 saturated carbocycles. The number of ether oxygens (including phenoxy) is 1. The van der Waals surface area contributed by atoms with E-state index in [2.05, 4.69) is 5.32 Å². The number of aromatic hydroxyl groups is 1. The molecule has 1 amide bonds. The van der Waals surface area contributed by atoms with Gasteiger partial charge in [0.25, 0.3) is 5.91 Å². The van der Waals surface area contributed by atoms with E-state index in [1.165, 1.54) is 0 Å². The average molecular weight is 383 g/mol. The van der Waals surface area contributed by atoms with Gasteiger partial charge in [-0.25, -0.2) is 0 Å². The molecule has 4 rings (SSSR count). The zero-order valence-electron chi connectivity index (χ0n) is 16.0. The smallest absolute Gasteiger partial charge is 0.252 e. The normalized spacial score (nSPS) is 11.8. The molecule has 0 unspecified atom stereocenters. The van der Waals surface area contributed by atoms with Gasteiger partial charge in [0.2, 0.25) is 0 Å². The Hall–Kier alpha value is -3.79. The highest BCUT2D eigenvalue weighted by Crippen LogP contribution is 2.36. The molecule has 4 heteroatoms. The van der Waals surface area contributed by atoms with Crippen LogP contribution < -0.4 is 10.1 Å². The summed E-state index contributed by atoms with van der Waals surface area (Å²) in [7, 11) is 1.59. The third-order valence-electron chi connectivity index (χ3n) is 5.00. The van der Waals surface area contributed by atoms with Crippen LogP contribution in [0.5, 0.6) is 11.5 Å². The minimum absolute atomic E-state index is 0.146. The Bertz CT molecular complexity index is 1140. The first-order chi connectivity index (χ1) is 14.2. The zero-order chi connectivity index (χ0) is 20.2. The van der Waals surface area contributed by atoms with Crippen molar-refractivity contribution < 1.29 is 14.6 Å². The molecule has 0 aromatic heterocycles. The molecule has 0 radical (unpaired) electrons. The van der Waals surface area contributed by atoms with E-state index in [1.54, 1.807) is 37.4 Å². The maximum absolute atomic E-state index is 13.0. The zero-order valence-corrected chi connectivity index (χ0v) is 16.0. The molecular weight excluding hydrogens is 362 g/mol. The molecule has 0 aliphatic heterocycles. The van der Waals surface area contributed by atoms with Crippen LogP contribution in [0.15, 0.2) is 91.0 Å². The van der Waals surface area contributed by atoms with Crippen LogP contribution in [0.4, 0.5) is 0 Å². The second-order valence-electron chi connectivity index (χ2n) is 6.77. The van der Waals surface area contributed by atoms with Gasteiger partial charge in [-0.2, -0.15) is 0 Å². The van der Waals surface area contributed by atoms with E-state index < -0.39 is 6.04 Å². The van der Waals surface area contributed by atoms with Crippen molar-refractivity contribution in [1.29, 1.82) is 0 Å². The summed E-state index contributed by atoms with van der Waals surface area (Å²) in [4.78, 5) is 13.0. The molecule has 144 valence electrons. The first-order valence-corrected chi connectivity index (χ1v) is 9.38. The Kier molecular flexibility index (Phi) is 5.16. The molecule has 4 aromatic carbocycles. The van der Waals surface area contributed by atoms with Crippen molar-refractivity contribution in [2.24, 2.45) is 0 Å². The lowest BCUT2D eigenvalue weighted by Gasteiger charge is -2.23. The van der Waals surface area contributed by atoms with Crippen molar-refractivity contribution in [3.05, 3.63) is 108 Å². The lowest BCUT2D eigenvalue weighted by Crippen LogP contribution is -2.29. The highest BCUT2D eigenvalue weighted by atomic mass is 16.5. The maximum atomic E-state index is 13.0. The van der Waals surface area contributed by atoms with E-state index in [0.717, 1.165) is 16.3 Å². The summed E-state index contributed by atoms with van der Waals surface area (Å²) in [5.41, 5.74) is 2.09. The summed E-state index contributed by atoms with van der Waals surface area (Å²) in [6, 6.07) is 27.5. The van der Waals surface area contributed by atoms with Gasteiger partial charge in [-0.15, -0.1) is 0 Å². The molecule has 0 spiro atoms. The lowest BCUT2D eigenvalue weighted by molar-refractivity contribution is 0.0943. The van der Waals surface area contributed by atoms with Gasteiger partial charge in [0, 0.05) is 11.1 Å². The van der Waals surface area contributed by atoms with Crippen molar-refractivity contribution in [2.45, 2.75) is 6.04 Å². The number of phenolic OH excluding ortho intramolecular Hbond substituents is 1. The molecule has 4 aromatic rings. The number of benzene rings is 4. The number of hydrogen-bond donors (Lipinski definition) is 2. The van der Waals surface area contributed by atoms with Crippen molar-refractivity contribution in [3.8, 4) is 11.5 Å².